The first-order valence-corrected chi connectivity index (χ1v) is 20.4. The lowest BCUT2D eigenvalue weighted by Gasteiger charge is -2.31. The molecule has 2 N–H and O–H groups in total. The average Bonchev–Trinajstić information content (AvgIpc) is 3.80. The highest BCUT2D eigenvalue weighted by Gasteiger charge is 2.52. The number of hydrogen-bond donors (Lipinski definition) is 1. The maximum atomic E-state index is 6.21. The van der Waals surface area contributed by atoms with Gasteiger partial charge in [0.25, 0.3) is 0 Å². The molecule has 1 spiro atoms. The average molecular weight is 765 g/mol. The van der Waals surface area contributed by atoms with E-state index in [1.54, 1.807) is 0 Å². The molecule has 1 atom stereocenters. The van der Waals surface area contributed by atoms with Crippen LogP contribution in [0.1, 0.15) is 22.3 Å². The second-order valence-corrected chi connectivity index (χ2v) is 15.7. The number of nitrogen functional groups attached to an aromatic ring is 1. The minimum Gasteiger partial charge on any atom is -0.399 e. The van der Waals surface area contributed by atoms with Gasteiger partial charge in [0.1, 0.15) is 0 Å². The van der Waals surface area contributed by atoms with Gasteiger partial charge < -0.3 is 5.73 Å². The number of nitrogens with two attached hydrogens (primary N) is 1. The molecule has 0 fully saturated rings. The molecule has 0 radical (unpaired) electrons. The fourth-order valence-electron chi connectivity index (χ4n) is 9.92. The van der Waals surface area contributed by atoms with Gasteiger partial charge in [-0.2, -0.15) is 0 Å². The van der Waals surface area contributed by atoms with Gasteiger partial charge in [0.15, 0.2) is 17.5 Å². The van der Waals surface area contributed by atoms with E-state index in [9.17, 15) is 0 Å². The zero-order valence-corrected chi connectivity index (χ0v) is 32.5. The number of aromatic nitrogens is 3. The third-order valence-corrected chi connectivity index (χ3v) is 12.5. The van der Waals surface area contributed by atoms with Crippen LogP contribution in [0.2, 0.25) is 0 Å². The van der Waals surface area contributed by atoms with Crippen molar-refractivity contribution in [2.45, 2.75) is 5.41 Å². The summed E-state index contributed by atoms with van der Waals surface area (Å²) in [7, 11) is 0. The van der Waals surface area contributed by atoms with Crippen molar-refractivity contribution in [3.8, 4) is 78.7 Å². The summed E-state index contributed by atoms with van der Waals surface area (Å²) in [5, 5.41) is 2.49. The highest BCUT2D eigenvalue weighted by molar-refractivity contribution is 6.12. The van der Waals surface area contributed by atoms with Gasteiger partial charge in [0.2, 0.25) is 0 Å². The van der Waals surface area contributed by atoms with Crippen LogP contribution < -0.4 is 5.73 Å². The van der Waals surface area contributed by atoms with Crippen LogP contribution in [-0.2, 0) is 5.41 Å². The van der Waals surface area contributed by atoms with Crippen molar-refractivity contribution in [2.24, 2.45) is 0 Å². The molecule has 9 aromatic carbocycles. The van der Waals surface area contributed by atoms with Gasteiger partial charge in [-0.25, -0.2) is 15.0 Å². The zero-order chi connectivity index (χ0) is 39.8. The zero-order valence-electron chi connectivity index (χ0n) is 32.5. The van der Waals surface area contributed by atoms with Crippen LogP contribution in [-0.4, -0.2) is 15.0 Å². The van der Waals surface area contributed by atoms with Crippen molar-refractivity contribution in [1.82, 2.24) is 15.0 Å². The van der Waals surface area contributed by atoms with Crippen molar-refractivity contribution >= 4 is 16.5 Å². The summed E-state index contributed by atoms with van der Waals surface area (Å²) in [6.45, 7) is 0. The third-order valence-electron chi connectivity index (χ3n) is 12.5. The molecule has 2 aliphatic carbocycles. The summed E-state index contributed by atoms with van der Waals surface area (Å²) in [5.41, 5.74) is 24.3. The minimum absolute atomic E-state index is 0.521. The molecule has 0 amide bonds. The summed E-state index contributed by atoms with van der Waals surface area (Å²) in [6.07, 6.45) is 0. The largest absolute Gasteiger partial charge is 0.399 e. The van der Waals surface area contributed by atoms with Crippen LogP contribution in [0, 0.1) is 0 Å². The first-order valence-electron chi connectivity index (χ1n) is 20.4. The molecule has 4 nitrogen and oxygen atoms in total. The molecular weight excluding hydrogens is 729 g/mol. The van der Waals surface area contributed by atoms with Crippen molar-refractivity contribution in [3.63, 3.8) is 0 Å². The molecule has 1 unspecified atom stereocenters. The summed E-state index contributed by atoms with van der Waals surface area (Å²) in [5.74, 6) is 1.94. The van der Waals surface area contributed by atoms with Crippen molar-refractivity contribution in [2.75, 3.05) is 5.73 Å². The molecule has 280 valence electrons. The van der Waals surface area contributed by atoms with Crippen LogP contribution in [0.15, 0.2) is 206 Å². The molecule has 10 aromatic rings. The minimum atomic E-state index is -0.521. The molecule has 12 rings (SSSR count). The van der Waals surface area contributed by atoms with E-state index >= 15 is 0 Å². The Morgan fingerprint density at radius 3 is 1.35 bits per heavy atom. The van der Waals surface area contributed by atoms with Crippen LogP contribution in [0.5, 0.6) is 0 Å². The maximum absolute atomic E-state index is 6.21. The molecule has 0 aliphatic heterocycles. The standard InChI is InChI=1S/C56H36N4/c57-40-32-30-36(31-33-40)46-34-50-52(43-19-8-7-18-42(43)46)45-21-10-12-24-48(45)56(50)47-23-11-9-20-44(47)51-41(22-13-25-49(51)56)35-26-28-39(29-27-35)55-59-53(37-14-3-1-4-15-37)58-54(60-55)38-16-5-2-6-17-38/h1-34H,57H2. The van der Waals surface area contributed by atoms with Gasteiger partial charge in [0, 0.05) is 22.4 Å². The van der Waals surface area contributed by atoms with Crippen molar-refractivity contribution < 1.29 is 0 Å². The molecule has 0 saturated heterocycles. The maximum Gasteiger partial charge on any atom is 0.164 e. The third kappa shape index (κ3) is 5.01. The first-order chi connectivity index (χ1) is 29.7. The number of nitrogens with zero attached hydrogens (tertiary/aromatic N) is 3. The SMILES string of the molecule is Nc1ccc(-c2cc3c(c4ccccc24)-c2ccccc2C32c3ccccc3-c3c(-c4ccc(-c5nc(-c6ccccc6)nc(-c6ccccc6)n5)cc4)cccc32)cc1. The summed E-state index contributed by atoms with van der Waals surface area (Å²) < 4.78 is 0. The van der Waals surface area contributed by atoms with E-state index in [0.717, 1.165) is 33.5 Å². The van der Waals surface area contributed by atoms with Crippen LogP contribution in [0.4, 0.5) is 5.69 Å². The Kier molecular flexibility index (Phi) is 7.56. The summed E-state index contributed by atoms with van der Waals surface area (Å²) >= 11 is 0. The fourth-order valence-corrected chi connectivity index (χ4v) is 9.92. The van der Waals surface area contributed by atoms with E-state index < -0.39 is 5.41 Å². The summed E-state index contributed by atoms with van der Waals surface area (Å²) in [6, 6.07) is 73.6. The Balaban J connectivity index is 1.06. The molecule has 0 bridgehead atoms. The Labute approximate surface area is 348 Å². The first kappa shape index (κ1) is 34.1. The van der Waals surface area contributed by atoms with Gasteiger partial charge in [-0.15, -0.1) is 0 Å². The van der Waals surface area contributed by atoms with E-state index in [1.807, 2.05) is 72.8 Å². The lowest BCUT2D eigenvalue weighted by Crippen LogP contribution is -2.26. The van der Waals surface area contributed by atoms with Crippen molar-refractivity contribution in [1.29, 1.82) is 0 Å². The van der Waals surface area contributed by atoms with Crippen molar-refractivity contribution in [3.05, 3.63) is 229 Å². The number of benzene rings is 9. The normalized spacial score (nSPS) is 14.5. The van der Waals surface area contributed by atoms with Crippen LogP contribution >= 0.6 is 0 Å². The van der Waals surface area contributed by atoms with E-state index in [0.29, 0.717) is 17.5 Å². The lowest BCUT2D eigenvalue weighted by molar-refractivity contribution is 0.795. The second-order valence-electron chi connectivity index (χ2n) is 15.7. The number of anilines is 1. The van der Waals surface area contributed by atoms with E-state index in [1.165, 1.54) is 66.4 Å². The van der Waals surface area contributed by atoms with E-state index in [4.69, 9.17) is 20.7 Å². The fraction of sp³-hybridized carbons (Fsp3) is 0.0179. The van der Waals surface area contributed by atoms with Gasteiger partial charge >= 0.3 is 0 Å². The van der Waals surface area contributed by atoms with Gasteiger partial charge in [-0.3, -0.25) is 0 Å². The van der Waals surface area contributed by atoms with Gasteiger partial charge in [-0.1, -0.05) is 188 Å². The quantitative estimate of drug-likeness (QED) is 0.177. The lowest BCUT2D eigenvalue weighted by atomic mass is 9.69. The Morgan fingerprint density at radius 1 is 0.300 bits per heavy atom. The topological polar surface area (TPSA) is 64.7 Å². The number of rotatable bonds is 5. The number of fused-ring (bicyclic) bond motifs is 12. The van der Waals surface area contributed by atoms with E-state index in [2.05, 4.69) is 133 Å². The molecule has 2 aliphatic rings. The molecule has 0 saturated carbocycles. The molecular formula is C56H36N4. The molecule has 1 aromatic heterocycles. The Hall–Kier alpha value is -7.95. The highest BCUT2D eigenvalue weighted by atomic mass is 15.0. The highest BCUT2D eigenvalue weighted by Crippen LogP contribution is 2.65. The summed E-state index contributed by atoms with van der Waals surface area (Å²) in [4.78, 5) is 14.9. The monoisotopic (exact) mass is 764 g/mol. The molecule has 4 heteroatoms. The van der Waals surface area contributed by atoms with Crippen LogP contribution in [0.3, 0.4) is 0 Å². The predicted molar refractivity (Wildman–Crippen MR) is 245 cm³/mol. The van der Waals surface area contributed by atoms with Gasteiger partial charge in [0.05, 0.1) is 5.41 Å². The van der Waals surface area contributed by atoms with Crippen LogP contribution in [0.25, 0.3) is 89.4 Å². The van der Waals surface area contributed by atoms with E-state index in [-0.39, 0.29) is 0 Å². The van der Waals surface area contributed by atoms with Gasteiger partial charge in [-0.05, 0) is 95.7 Å². The Morgan fingerprint density at radius 2 is 0.733 bits per heavy atom. The second kappa shape index (κ2) is 13.3. The smallest absolute Gasteiger partial charge is 0.164 e. The predicted octanol–water partition coefficient (Wildman–Crippen LogP) is 13.3. The molecule has 60 heavy (non-hydrogen) atoms. The molecule has 1 heterocycles. The Bertz CT molecular complexity index is 3240. The number of hydrogen-bond acceptors (Lipinski definition) is 4.